The Morgan fingerprint density at radius 2 is 1.91 bits per heavy atom. The van der Waals surface area contributed by atoms with Gasteiger partial charge in [0.15, 0.2) is 0 Å². The first kappa shape index (κ1) is 15.7. The van der Waals surface area contributed by atoms with E-state index >= 15 is 0 Å². The van der Waals surface area contributed by atoms with Gasteiger partial charge in [0.05, 0.1) is 12.0 Å². The Morgan fingerprint density at radius 1 is 1.22 bits per heavy atom. The second-order valence-electron chi connectivity index (χ2n) is 6.10. The maximum Gasteiger partial charge on any atom is 0.228 e. The monoisotopic (exact) mass is 328 g/mol. The van der Waals surface area contributed by atoms with Crippen LogP contribution in [0.1, 0.15) is 22.9 Å². The number of rotatable bonds is 3. The van der Waals surface area contributed by atoms with Gasteiger partial charge in [0.25, 0.3) is 0 Å². The molecule has 0 aliphatic carbocycles. The van der Waals surface area contributed by atoms with Crippen molar-refractivity contribution in [1.29, 1.82) is 0 Å². The number of carbonyl (C=O) groups excluding carboxylic acids is 2. The molecule has 4 nitrogen and oxygen atoms in total. The number of hydrogen-bond donors (Lipinski definition) is 0. The molecule has 23 heavy (non-hydrogen) atoms. The lowest BCUT2D eigenvalue weighted by atomic mass is 9.97. The highest BCUT2D eigenvalue weighted by Crippen LogP contribution is 2.43. The van der Waals surface area contributed by atoms with E-state index in [4.69, 9.17) is 0 Å². The zero-order chi connectivity index (χ0) is 16.6. The molecule has 1 fully saturated rings. The second-order valence-corrected chi connectivity index (χ2v) is 7.08. The summed E-state index contributed by atoms with van der Waals surface area (Å²) in [7, 11) is 3.49. The summed E-state index contributed by atoms with van der Waals surface area (Å²) >= 11 is 1.59. The summed E-state index contributed by atoms with van der Waals surface area (Å²) in [6, 6.07) is 11.6. The first-order chi connectivity index (χ1) is 11.0. The summed E-state index contributed by atoms with van der Waals surface area (Å²) in [4.78, 5) is 29.7. The number of aryl methyl sites for hydroxylation is 1. The minimum Gasteiger partial charge on any atom is -0.348 e. The summed E-state index contributed by atoms with van der Waals surface area (Å²) < 4.78 is 0. The van der Waals surface area contributed by atoms with E-state index < -0.39 is 0 Å². The van der Waals surface area contributed by atoms with Crippen molar-refractivity contribution in [2.45, 2.75) is 19.4 Å². The molecule has 1 aromatic carbocycles. The molecule has 0 bridgehead atoms. The third-order valence-corrected chi connectivity index (χ3v) is 5.17. The van der Waals surface area contributed by atoms with Crippen LogP contribution in [-0.4, -0.2) is 30.8 Å². The van der Waals surface area contributed by atoms with Crippen molar-refractivity contribution >= 4 is 28.8 Å². The summed E-state index contributed by atoms with van der Waals surface area (Å²) in [5.74, 6) is -0.323. The average Bonchev–Trinajstić information content (AvgIpc) is 3.14. The minimum atomic E-state index is -0.336. The molecule has 2 atom stereocenters. The van der Waals surface area contributed by atoms with Gasteiger partial charge < -0.3 is 9.80 Å². The highest BCUT2D eigenvalue weighted by molar-refractivity contribution is 7.10. The molecule has 0 spiro atoms. The smallest absolute Gasteiger partial charge is 0.228 e. The number of thiophene rings is 1. The fourth-order valence-corrected chi connectivity index (χ4v) is 3.96. The molecule has 120 valence electrons. The van der Waals surface area contributed by atoms with E-state index in [2.05, 4.69) is 0 Å². The van der Waals surface area contributed by atoms with Crippen molar-refractivity contribution < 1.29 is 9.59 Å². The van der Waals surface area contributed by atoms with Crippen LogP contribution in [0.15, 0.2) is 41.8 Å². The Kier molecular flexibility index (Phi) is 4.22. The fraction of sp³-hybridized carbons (Fsp3) is 0.333. The van der Waals surface area contributed by atoms with Gasteiger partial charge in [0.2, 0.25) is 11.8 Å². The van der Waals surface area contributed by atoms with E-state index in [-0.39, 0.29) is 30.2 Å². The van der Waals surface area contributed by atoms with Crippen LogP contribution in [0.25, 0.3) is 0 Å². The van der Waals surface area contributed by atoms with Gasteiger partial charge in [0, 0.05) is 31.1 Å². The molecule has 2 aromatic rings. The molecule has 0 N–H and O–H groups in total. The van der Waals surface area contributed by atoms with E-state index in [1.165, 1.54) is 0 Å². The lowest BCUT2D eigenvalue weighted by Gasteiger charge is -2.28. The second kappa shape index (κ2) is 6.16. The van der Waals surface area contributed by atoms with E-state index in [0.717, 1.165) is 16.1 Å². The fourth-order valence-electron chi connectivity index (χ4n) is 3.08. The quantitative estimate of drug-likeness (QED) is 0.868. The number of amides is 2. The van der Waals surface area contributed by atoms with Crippen LogP contribution < -0.4 is 4.90 Å². The number of benzene rings is 1. The lowest BCUT2D eigenvalue weighted by Crippen LogP contribution is -2.34. The SMILES string of the molecule is Cc1ccc(N2C(=O)C[C@@H](C(=O)N(C)C)[C@H]2c2cccs2)cc1. The average molecular weight is 328 g/mol. The van der Waals surface area contributed by atoms with Gasteiger partial charge in [0.1, 0.15) is 0 Å². The molecule has 5 heteroatoms. The van der Waals surface area contributed by atoms with Crippen LogP contribution in [0.4, 0.5) is 5.69 Å². The third-order valence-electron chi connectivity index (χ3n) is 4.23. The molecular formula is C18H20N2O2S. The standard InChI is InChI=1S/C18H20N2O2S/c1-12-6-8-13(9-7-12)20-16(21)11-14(18(22)19(2)3)17(20)15-5-4-10-23-15/h4-10,14,17H,11H2,1-3H3/t14-,17+/m1/s1. The molecule has 3 rings (SSSR count). The topological polar surface area (TPSA) is 40.6 Å². The Hall–Kier alpha value is -2.14. The van der Waals surface area contributed by atoms with Crippen LogP contribution in [0.5, 0.6) is 0 Å². The first-order valence-corrected chi connectivity index (χ1v) is 8.50. The van der Waals surface area contributed by atoms with Crippen molar-refractivity contribution in [3.05, 3.63) is 52.2 Å². The van der Waals surface area contributed by atoms with Crippen LogP contribution in [0.2, 0.25) is 0 Å². The molecule has 1 aliphatic rings. The van der Waals surface area contributed by atoms with Gasteiger partial charge in [-0.1, -0.05) is 23.8 Å². The molecule has 1 saturated heterocycles. The molecule has 0 saturated carbocycles. The molecule has 1 aromatic heterocycles. The van der Waals surface area contributed by atoms with Crippen LogP contribution >= 0.6 is 11.3 Å². The van der Waals surface area contributed by atoms with E-state index in [9.17, 15) is 9.59 Å². The summed E-state index contributed by atoms with van der Waals surface area (Å²) in [5, 5.41) is 1.99. The maximum absolute atomic E-state index is 12.7. The van der Waals surface area contributed by atoms with E-state index in [1.807, 2.05) is 48.7 Å². The van der Waals surface area contributed by atoms with Gasteiger partial charge in [-0.25, -0.2) is 0 Å². The number of nitrogens with zero attached hydrogens (tertiary/aromatic N) is 2. The summed E-state index contributed by atoms with van der Waals surface area (Å²) in [6.45, 7) is 2.02. The van der Waals surface area contributed by atoms with Crippen LogP contribution in [-0.2, 0) is 9.59 Å². The summed E-state index contributed by atoms with van der Waals surface area (Å²) in [6.07, 6.45) is 0.257. The molecule has 0 radical (unpaired) electrons. The van der Waals surface area contributed by atoms with Crippen molar-refractivity contribution in [2.24, 2.45) is 5.92 Å². The maximum atomic E-state index is 12.7. The Balaban J connectivity index is 2.04. The number of carbonyl (C=O) groups is 2. The van der Waals surface area contributed by atoms with E-state index in [0.29, 0.717) is 0 Å². The summed E-state index contributed by atoms with van der Waals surface area (Å²) in [5.41, 5.74) is 2.00. The molecule has 1 aliphatic heterocycles. The lowest BCUT2D eigenvalue weighted by molar-refractivity contribution is -0.134. The predicted octanol–water partition coefficient (Wildman–Crippen LogP) is 3.24. The van der Waals surface area contributed by atoms with Gasteiger partial charge >= 0.3 is 0 Å². The van der Waals surface area contributed by atoms with Crippen molar-refractivity contribution in [3.63, 3.8) is 0 Å². The minimum absolute atomic E-state index is 0.00589. The van der Waals surface area contributed by atoms with Crippen molar-refractivity contribution in [3.8, 4) is 0 Å². The largest absolute Gasteiger partial charge is 0.348 e. The molecule has 2 heterocycles. The van der Waals surface area contributed by atoms with Crippen LogP contribution in [0, 0.1) is 12.8 Å². The predicted molar refractivity (Wildman–Crippen MR) is 92.5 cm³/mol. The number of anilines is 1. The molecular weight excluding hydrogens is 308 g/mol. The number of hydrogen-bond acceptors (Lipinski definition) is 3. The van der Waals surface area contributed by atoms with E-state index in [1.54, 1.807) is 35.2 Å². The van der Waals surface area contributed by atoms with Crippen LogP contribution in [0.3, 0.4) is 0 Å². The Labute approximate surface area is 140 Å². The zero-order valence-corrected chi connectivity index (χ0v) is 14.3. The van der Waals surface area contributed by atoms with Gasteiger partial charge in [-0.3, -0.25) is 9.59 Å². The van der Waals surface area contributed by atoms with Gasteiger partial charge in [-0.2, -0.15) is 0 Å². The first-order valence-electron chi connectivity index (χ1n) is 7.62. The highest BCUT2D eigenvalue weighted by atomic mass is 32.1. The Bertz CT molecular complexity index is 707. The normalized spacial score (nSPS) is 20.8. The van der Waals surface area contributed by atoms with Crippen molar-refractivity contribution in [1.82, 2.24) is 4.90 Å². The highest BCUT2D eigenvalue weighted by Gasteiger charge is 2.46. The molecule has 0 unspecified atom stereocenters. The van der Waals surface area contributed by atoms with Gasteiger partial charge in [-0.05, 0) is 30.5 Å². The van der Waals surface area contributed by atoms with Crippen molar-refractivity contribution in [2.75, 3.05) is 19.0 Å². The zero-order valence-electron chi connectivity index (χ0n) is 13.5. The third kappa shape index (κ3) is 2.88. The molecule has 2 amide bonds. The Morgan fingerprint density at radius 3 is 2.48 bits per heavy atom. The van der Waals surface area contributed by atoms with Gasteiger partial charge in [-0.15, -0.1) is 11.3 Å².